The second-order valence-electron chi connectivity index (χ2n) is 6.74. The Morgan fingerprint density at radius 2 is 1.96 bits per heavy atom. The number of halogens is 1. The van der Waals surface area contributed by atoms with Gasteiger partial charge in [-0.15, -0.1) is 0 Å². The van der Waals surface area contributed by atoms with Crippen LogP contribution in [0.25, 0.3) is 22.4 Å². The lowest BCUT2D eigenvalue weighted by Crippen LogP contribution is -2.26. The Morgan fingerprint density at radius 1 is 1.07 bits per heavy atom. The number of rotatable bonds is 6. The van der Waals surface area contributed by atoms with E-state index >= 15 is 0 Å². The standard InChI is InChI=1S/C22H22FN3O/c23-20-4-1-3-17(12-20)18-11-19(13-25-15-21-5-2-10-27-21)22(26-14-18)16-6-8-24-9-7-16/h1,3-4,6-9,11-12,14,21,25H,2,5,10,13,15H2/t21-/m0/s1. The maximum absolute atomic E-state index is 13.6. The lowest BCUT2D eigenvalue weighted by atomic mass is 10.0. The molecule has 4 rings (SSSR count). The zero-order valence-corrected chi connectivity index (χ0v) is 15.1. The van der Waals surface area contributed by atoms with E-state index < -0.39 is 0 Å². The highest BCUT2D eigenvalue weighted by atomic mass is 19.1. The minimum absolute atomic E-state index is 0.247. The number of pyridine rings is 2. The summed E-state index contributed by atoms with van der Waals surface area (Å²) < 4.78 is 19.3. The summed E-state index contributed by atoms with van der Waals surface area (Å²) in [6.07, 6.45) is 7.85. The summed E-state index contributed by atoms with van der Waals surface area (Å²) in [5.41, 5.74) is 4.73. The van der Waals surface area contributed by atoms with Gasteiger partial charge in [0.2, 0.25) is 0 Å². The van der Waals surface area contributed by atoms with Crippen LogP contribution in [0, 0.1) is 5.82 Å². The Balaban J connectivity index is 1.62. The van der Waals surface area contributed by atoms with Crippen molar-refractivity contribution in [2.75, 3.05) is 13.2 Å². The molecule has 1 aliphatic heterocycles. The van der Waals surface area contributed by atoms with E-state index in [1.54, 1.807) is 24.7 Å². The molecule has 3 heterocycles. The lowest BCUT2D eigenvalue weighted by molar-refractivity contribution is 0.110. The summed E-state index contributed by atoms with van der Waals surface area (Å²) in [5, 5.41) is 3.49. The van der Waals surface area contributed by atoms with Gasteiger partial charge >= 0.3 is 0 Å². The molecule has 0 amide bonds. The SMILES string of the molecule is Fc1cccc(-c2cnc(-c3ccncc3)c(CNC[C@@H]3CCCO3)c2)c1. The maximum atomic E-state index is 13.6. The molecule has 0 aliphatic carbocycles. The Kier molecular flexibility index (Phi) is 5.51. The first-order valence-electron chi connectivity index (χ1n) is 9.27. The van der Waals surface area contributed by atoms with E-state index in [2.05, 4.69) is 21.4 Å². The molecule has 1 saturated heterocycles. The van der Waals surface area contributed by atoms with Crippen molar-refractivity contribution in [3.8, 4) is 22.4 Å². The summed E-state index contributed by atoms with van der Waals surface area (Å²) in [5.74, 6) is -0.247. The van der Waals surface area contributed by atoms with Crippen molar-refractivity contribution in [1.82, 2.24) is 15.3 Å². The Morgan fingerprint density at radius 3 is 2.74 bits per heavy atom. The molecule has 1 fully saturated rings. The molecule has 5 heteroatoms. The molecule has 0 unspecified atom stereocenters. The van der Waals surface area contributed by atoms with Crippen LogP contribution >= 0.6 is 0 Å². The molecule has 3 aromatic rings. The van der Waals surface area contributed by atoms with Crippen LogP contribution in [-0.2, 0) is 11.3 Å². The van der Waals surface area contributed by atoms with Gasteiger partial charge in [0.05, 0.1) is 11.8 Å². The second-order valence-corrected chi connectivity index (χ2v) is 6.74. The third kappa shape index (κ3) is 4.38. The summed E-state index contributed by atoms with van der Waals surface area (Å²) in [7, 11) is 0. The number of hydrogen-bond donors (Lipinski definition) is 1. The first kappa shape index (κ1) is 17.8. The van der Waals surface area contributed by atoms with Crippen LogP contribution in [0.15, 0.2) is 61.1 Å². The fourth-order valence-electron chi connectivity index (χ4n) is 3.41. The normalized spacial score (nSPS) is 16.6. The third-order valence-electron chi connectivity index (χ3n) is 4.79. The molecular formula is C22H22FN3O. The Labute approximate surface area is 158 Å². The van der Waals surface area contributed by atoms with E-state index in [4.69, 9.17) is 4.74 Å². The quantitative estimate of drug-likeness (QED) is 0.712. The molecule has 27 heavy (non-hydrogen) atoms. The van der Waals surface area contributed by atoms with Gasteiger partial charge in [0.1, 0.15) is 5.82 Å². The molecule has 0 spiro atoms. The van der Waals surface area contributed by atoms with E-state index in [-0.39, 0.29) is 11.9 Å². The summed E-state index contributed by atoms with van der Waals surface area (Å²) in [6, 6.07) is 12.6. The highest BCUT2D eigenvalue weighted by Crippen LogP contribution is 2.27. The Bertz CT molecular complexity index is 895. The third-order valence-corrected chi connectivity index (χ3v) is 4.79. The van der Waals surface area contributed by atoms with Gasteiger partial charge < -0.3 is 10.1 Å². The van der Waals surface area contributed by atoms with Crippen LogP contribution in [0.4, 0.5) is 4.39 Å². The maximum Gasteiger partial charge on any atom is 0.123 e. The fourth-order valence-corrected chi connectivity index (χ4v) is 3.41. The van der Waals surface area contributed by atoms with Crippen molar-refractivity contribution >= 4 is 0 Å². The molecule has 1 aliphatic rings. The predicted octanol–water partition coefficient (Wildman–Crippen LogP) is 4.22. The molecular weight excluding hydrogens is 341 g/mol. The van der Waals surface area contributed by atoms with Gasteiger partial charge in [-0.2, -0.15) is 0 Å². The lowest BCUT2D eigenvalue weighted by Gasteiger charge is -2.14. The van der Waals surface area contributed by atoms with Gasteiger partial charge in [-0.05, 0) is 54.3 Å². The minimum Gasteiger partial charge on any atom is -0.377 e. The van der Waals surface area contributed by atoms with Crippen molar-refractivity contribution in [2.24, 2.45) is 0 Å². The van der Waals surface area contributed by atoms with Gasteiger partial charge in [0, 0.05) is 49.4 Å². The van der Waals surface area contributed by atoms with Crippen LogP contribution in [0.5, 0.6) is 0 Å². The number of hydrogen-bond acceptors (Lipinski definition) is 4. The highest BCUT2D eigenvalue weighted by Gasteiger charge is 2.15. The summed E-state index contributed by atoms with van der Waals surface area (Å²) in [4.78, 5) is 8.77. The van der Waals surface area contributed by atoms with Crippen molar-refractivity contribution in [2.45, 2.75) is 25.5 Å². The Hall–Kier alpha value is -2.63. The van der Waals surface area contributed by atoms with Crippen LogP contribution in [0.2, 0.25) is 0 Å². The van der Waals surface area contributed by atoms with Gasteiger partial charge in [-0.25, -0.2) is 4.39 Å². The molecule has 0 radical (unpaired) electrons. The first-order valence-corrected chi connectivity index (χ1v) is 9.27. The molecule has 1 aromatic carbocycles. The molecule has 1 N–H and O–H groups in total. The van der Waals surface area contributed by atoms with Gasteiger partial charge in [-0.3, -0.25) is 9.97 Å². The number of ether oxygens (including phenoxy) is 1. The van der Waals surface area contributed by atoms with Gasteiger partial charge in [0.25, 0.3) is 0 Å². The van der Waals surface area contributed by atoms with Crippen molar-refractivity contribution in [3.05, 3.63) is 72.4 Å². The largest absolute Gasteiger partial charge is 0.377 e. The molecule has 2 aromatic heterocycles. The molecule has 0 bridgehead atoms. The van der Waals surface area contributed by atoms with Crippen molar-refractivity contribution < 1.29 is 9.13 Å². The van der Waals surface area contributed by atoms with Crippen LogP contribution < -0.4 is 5.32 Å². The van der Waals surface area contributed by atoms with Gasteiger partial charge in [-0.1, -0.05) is 12.1 Å². The van der Waals surface area contributed by atoms with Crippen molar-refractivity contribution in [1.29, 1.82) is 0 Å². The van der Waals surface area contributed by atoms with Crippen LogP contribution in [0.3, 0.4) is 0 Å². The number of benzene rings is 1. The topological polar surface area (TPSA) is 47.0 Å². The van der Waals surface area contributed by atoms with Crippen molar-refractivity contribution in [3.63, 3.8) is 0 Å². The van der Waals surface area contributed by atoms with E-state index in [0.717, 1.165) is 53.9 Å². The number of nitrogens with zero attached hydrogens (tertiary/aromatic N) is 2. The highest BCUT2D eigenvalue weighted by molar-refractivity contribution is 5.69. The van der Waals surface area contributed by atoms with E-state index in [1.807, 2.05) is 18.2 Å². The monoisotopic (exact) mass is 363 g/mol. The minimum atomic E-state index is -0.247. The van der Waals surface area contributed by atoms with E-state index in [0.29, 0.717) is 6.54 Å². The smallest absolute Gasteiger partial charge is 0.123 e. The number of nitrogens with one attached hydrogen (secondary N) is 1. The second kappa shape index (κ2) is 8.37. The zero-order chi connectivity index (χ0) is 18.5. The molecule has 0 saturated carbocycles. The first-order chi connectivity index (χ1) is 13.3. The zero-order valence-electron chi connectivity index (χ0n) is 15.1. The molecule has 138 valence electrons. The van der Waals surface area contributed by atoms with E-state index in [9.17, 15) is 4.39 Å². The average Bonchev–Trinajstić information content (AvgIpc) is 3.22. The van der Waals surface area contributed by atoms with Gasteiger partial charge in [0.15, 0.2) is 0 Å². The fraction of sp³-hybridized carbons (Fsp3) is 0.273. The number of aromatic nitrogens is 2. The summed E-state index contributed by atoms with van der Waals surface area (Å²) in [6.45, 7) is 2.35. The van der Waals surface area contributed by atoms with Crippen LogP contribution in [-0.4, -0.2) is 29.2 Å². The van der Waals surface area contributed by atoms with Crippen LogP contribution in [0.1, 0.15) is 18.4 Å². The average molecular weight is 363 g/mol. The predicted molar refractivity (Wildman–Crippen MR) is 104 cm³/mol. The molecule has 4 nitrogen and oxygen atoms in total. The van der Waals surface area contributed by atoms with E-state index in [1.165, 1.54) is 12.1 Å². The molecule has 1 atom stereocenters. The summed E-state index contributed by atoms with van der Waals surface area (Å²) >= 11 is 0.